The van der Waals surface area contributed by atoms with Gasteiger partial charge >= 0.3 is 0 Å². The van der Waals surface area contributed by atoms with Crippen LogP contribution in [0.25, 0.3) is 33.9 Å². The SMILES string of the molecule is C#CCn1c(-c2ccc(N(C)C)cc2)nc(-c2ccccc2)c1-c1ccccc1. The maximum Gasteiger partial charge on any atom is 0.142 e. The van der Waals surface area contributed by atoms with Crippen molar-refractivity contribution in [3.05, 3.63) is 84.9 Å². The molecule has 1 heterocycles. The van der Waals surface area contributed by atoms with Gasteiger partial charge in [0.05, 0.1) is 17.9 Å². The van der Waals surface area contributed by atoms with Gasteiger partial charge in [-0.05, 0) is 24.3 Å². The zero-order valence-electron chi connectivity index (χ0n) is 16.7. The van der Waals surface area contributed by atoms with Crippen LogP contribution >= 0.6 is 0 Å². The van der Waals surface area contributed by atoms with Crippen molar-refractivity contribution in [1.82, 2.24) is 9.55 Å². The summed E-state index contributed by atoms with van der Waals surface area (Å²) in [7, 11) is 4.07. The van der Waals surface area contributed by atoms with Crippen LogP contribution in [-0.4, -0.2) is 23.6 Å². The number of imidazole rings is 1. The lowest BCUT2D eigenvalue weighted by Gasteiger charge is -2.13. The first-order valence-corrected chi connectivity index (χ1v) is 9.61. The summed E-state index contributed by atoms with van der Waals surface area (Å²) < 4.78 is 2.14. The molecule has 1 aromatic heterocycles. The Morgan fingerprint density at radius 2 is 1.38 bits per heavy atom. The molecule has 0 fully saturated rings. The first-order valence-electron chi connectivity index (χ1n) is 9.61. The molecule has 0 bridgehead atoms. The predicted molar refractivity (Wildman–Crippen MR) is 122 cm³/mol. The summed E-state index contributed by atoms with van der Waals surface area (Å²) >= 11 is 0. The maximum absolute atomic E-state index is 5.76. The Morgan fingerprint density at radius 3 is 1.93 bits per heavy atom. The molecule has 0 saturated heterocycles. The summed E-state index contributed by atoms with van der Waals surface area (Å²) in [4.78, 5) is 7.16. The van der Waals surface area contributed by atoms with Crippen molar-refractivity contribution < 1.29 is 0 Å². The third-order valence-corrected chi connectivity index (χ3v) is 4.95. The van der Waals surface area contributed by atoms with Crippen molar-refractivity contribution in [2.24, 2.45) is 0 Å². The summed E-state index contributed by atoms with van der Waals surface area (Å²) in [6.07, 6.45) is 5.76. The largest absolute Gasteiger partial charge is 0.378 e. The van der Waals surface area contributed by atoms with Gasteiger partial charge in [0.25, 0.3) is 0 Å². The van der Waals surface area contributed by atoms with Crippen molar-refractivity contribution >= 4 is 5.69 Å². The Labute approximate surface area is 172 Å². The highest BCUT2D eigenvalue weighted by Gasteiger charge is 2.20. The van der Waals surface area contributed by atoms with E-state index in [9.17, 15) is 0 Å². The number of rotatable bonds is 5. The van der Waals surface area contributed by atoms with Gasteiger partial charge in [0.1, 0.15) is 5.82 Å². The molecule has 0 spiro atoms. The third kappa shape index (κ3) is 3.66. The van der Waals surface area contributed by atoms with Gasteiger partial charge in [-0.3, -0.25) is 0 Å². The van der Waals surface area contributed by atoms with Gasteiger partial charge in [0.15, 0.2) is 0 Å². The molecular weight excluding hydrogens is 354 g/mol. The van der Waals surface area contributed by atoms with Gasteiger partial charge in [-0.15, -0.1) is 6.42 Å². The lowest BCUT2D eigenvalue weighted by Crippen LogP contribution is -2.08. The maximum atomic E-state index is 5.76. The van der Waals surface area contributed by atoms with Crippen LogP contribution in [0.3, 0.4) is 0 Å². The minimum absolute atomic E-state index is 0.453. The van der Waals surface area contributed by atoms with Crippen LogP contribution in [0.15, 0.2) is 84.9 Å². The van der Waals surface area contributed by atoms with Gasteiger partial charge in [0, 0.05) is 36.5 Å². The monoisotopic (exact) mass is 377 g/mol. The number of hydrogen-bond donors (Lipinski definition) is 0. The zero-order chi connectivity index (χ0) is 20.2. The summed E-state index contributed by atoms with van der Waals surface area (Å²) in [6, 6.07) is 29.0. The molecule has 0 amide bonds. The topological polar surface area (TPSA) is 21.1 Å². The van der Waals surface area contributed by atoms with Gasteiger partial charge in [-0.1, -0.05) is 66.6 Å². The van der Waals surface area contributed by atoms with Crippen LogP contribution in [-0.2, 0) is 6.54 Å². The standard InChI is InChI=1S/C26H23N3/c1-4-19-29-25(21-13-9-6-10-14-21)24(20-11-7-5-8-12-20)27-26(29)22-15-17-23(18-16-22)28(2)3/h1,5-18H,19H2,2-3H3. The molecular formula is C26H23N3. The van der Waals surface area contributed by atoms with E-state index in [-0.39, 0.29) is 0 Å². The van der Waals surface area contributed by atoms with E-state index in [1.165, 1.54) is 0 Å². The summed E-state index contributed by atoms with van der Waals surface area (Å²) in [5, 5.41) is 0. The number of anilines is 1. The summed E-state index contributed by atoms with van der Waals surface area (Å²) in [5.74, 6) is 3.69. The van der Waals surface area contributed by atoms with Crippen LogP contribution < -0.4 is 4.90 Å². The number of nitrogens with zero attached hydrogens (tertiary/aromatic N) is 3. The molecule has 0 unspecified atom stereocenters. The van der Waals surface area contributed by atoms with Crippen LogP contribution in [0, 0.1) is 12.3 Å². The molecule has 0 saturated carbocycles. The molecule has 3 nitrogen and oxygen atoms in total. The minimum atomic E-state index is 0.453. The molecule has 3 heteroatoms. The van der Waals surface area contributed by atoms with Crippen LogP contribution in [0.1, 0.15) is 0 Å². The van der Waals surface area contributed by atoms with Gasteiger partial charge < -0.3 is 9.47 Å². The predicted octanol–water partition coefficient (Wildman–Crippen LogP) is 5.58. The average Bonchev–Trinajstić information content (AvgIpc) is 3.14. The normalized spacial score (nSPS) is 10.5. The minimum Gasteiger partial charge on any atom is -0.378 e. The second kappa shape index (κ2) is 8.08. The Hall–Kier alpha value is -3.77. The van der Waals surface area contributed by atoms with E-state index < -0.39 is 0 Å². The Bertz CT molecular complexity index is 1130. The van der Waals surface area contributed by atoms with E-state index in [0.717, 1.165) is 39.6 Å². The highest BCUT2D eigenvalue weighted by atomic mass is 15.1. The summed E-state index contributed by atoms with van der Waals surface area (Å²) in [6.45, 7) is 0.453. The molecule has 0 radical (unpaired) electrons. The number of aromatic nitrogens is 2. The van der Waals surface area contributed by atoms with E-state index >= 15 is 0 Å². The quantitative estimate of drug-likeness (QED) is 0.423. The number of benzene rings is 3. The van der Waals surface area contributed by atoms with Crippen LogP contribution in [0.4, 0.5) is 5.69 Å². The van der Waals surface area contributed by atoms with Gasteiger partial charge in [-0.25, -0.2) is 4.98 Å². The molecule has 0 aliphatic carbocycles. The fourth-order valence-electron chi connectivity index (χ4n) is 3.51. The van der Waals surface area contributed by atoms with Gasteiger partial charge in [0.2, 0.25) is 0 Å². The fraction of sp³-hybridized carbons (Fsp3) is 0.115. The fourth-order valence-corrected chi connectivity index (χ4v) is 3.51. The second-order valence-corrected chi connectivity index (χ2v) is 7.10. The van der Waals surface area contributed by atoms with Crippen molar-refractivity contribution in [1.29, 1.82) is 0 Å². The Morgan fingerprint density at radius 1 is 0.793 bits per heavy atom. The zero-order valence-corrected chi connectivity index (χ0v) is 16.7. The van der Waals surface area contributed by atoms with Crippen molar-refractivity contribution in [3.8, 4) is 46.2 Å². The van der Waals surface area contributed by atoms with E-state index in [1.54, 1.807) is 0 Å². The molecule has 3 aromatic carbocycles. The molecule has 0 aliphatic heterocycles. The van der Waals surface area contributed by atoms with Gasteiger partial charge in [-0.2, -0.15) is 0 Å². The molecule has 29 heavy (non-hydrogen) atoms. The smallest absolute Gasteiger partial charge is 0.142 e. The average molecular weight is 377 g/mol. The highest BCUT2D eigenvalue weighted by molar-refractivity contribution is 5.82. The number of hydrogen-bond acceptors (Lipinski definition) is 2. The second-order valence-electron chi connectivity index (χ2n) is 7.10. The summed E-state index contributed by atoms with van der Waals surface area (Å²) in [5.41, 5.74) is 6.36. The van der Waals surface area contributed by atoms with Crippen molar-refractivity contribution in [3.63, 3.8) is 0 Å². The van der Waals surface area contributed by atoms with E-state index in [4.69, 9.17) is 11.4 Å². The Balaban J connectivity index is 1.97. The van der Waals surface area contributed by atoms with E-state index in [0.29, 0.717) is 6.54 Å². The first-order chi connectivity index (χ1) is 14.2. The van der Waals surface area contributed by atoms with Crippen molar-refractivity contribution in [2.45, 2.75) is 6.54 Å². The molecule has 0 N–H and O–H groups in total. The molecule has 0 atom stereocenters. The van der Waals surface area contributed by atoms with E-state index in [2.05, 4.69) is 63.9 Å². The van der Waals surface area contributed by atoms with E-state index in [1.807, 2.05) is 50.5 Å². The lowest BCUT2D eigenvalue weighted by molar-refractivity contribution is 0.859. The highest BCUT2D eigenvalue weighted by Crippen LogP contribution is 2.36. The Kier molecular flexibility index (Phi) is 5.18. The molecule has 0 aliphatic rings. The lowest BCUT2D eigenvalue weighted by atomic mass is 10.0. The molecule has 142 valence electrons. The first kappa shape index (κ1) is 18.6. The van der Waals surface area contributed by atoms with Crippen LogP contribution in [0.2, 0.25) is 0 Å². The molecule has 4 rings (SSSR count). The molecule has 4 aromatic rings. The number of terminal acetylenes is 1. The third-order valence-electron chi connectivity index (χ3n) is 4.95. The van der Waals surface area contributed by atoms with Crippen LogP contribution in [0.5, 0.6) is 0 Å². The van der Waals surface area contributed by atoms with Crippen molar-refractivity contribution in [2.75, 3.05) is 19.0 Å².